The summed E-state index contributed by atoms with van der Waals surface area (Å²) in [6.45, 7) is 0. The molecule has 0 bridgehead atoms. The second kappa shape index (κ2) is 9.39. The van der Waals surface area contributed by atoms with Crippen molar-refractivity contribution in [2.45, 2.75) is 82.7 Å². The molecule has 1 saturated carbocycles. The minimum atomic E-state index is 0.450. The topological polar surface area (TPSA) is 38.0 Å². The summed E-state index contributed by atoms with van der Waals surface area (Å²) in [4.78, 5) is 0. The van der Waals surface area contributed by atoms with Gasteiger partial charge in [0.1, 0.15) is 0 Å². The van der Waals surface area contributed by atoms with Gasteiger partial charge in [0.05, 0.1) is 0 Å². The van der Waals surface area contributed by atoms with E-state index in [4.69, 9.17) is 5.73 Å². The van der Waals surface area contributed by atoms with E-state index in [-0.39, 0.29) is 0 Å². The Balaban J connectivity index is 2.27. The summed E-state index contributed by atoms with van der Waals surface area (Å²) in [6, 6.07) is 1.14. The first-order valence-electron chi connectivity index (χ1n) is 7.04. The Bertz CT molecular complexity index is 164. The van der Waals surface area contributed by atoms with E-state index in [9.17, 15) is 0 Å². The van der Waals surface area contributed by atoms with Gasteiger partial charge in [-0.3, -0.25) is 5.09 Å². The zero-order valence-corrected chi connectivity index (χ0v) is 11.7. The molecule has 0 amide bonds. The minimum absolute atomic E-state index is 0.450. The Morgan fingerprint density at radius 1 is 0.750 bits per heavy atom. The van der Waals surface area contributed by atoms with Gasteiger partial charge in [0.25, 0.3) is 0 Å². The molecular weight excluding hydrogens is 215 g/mol. The van der Waals surface area contributed by atoms with Gasteiger partial charge < -0.3 is 5.73 Å². The normalized spacial score (nSPS) is 31.1. The molecular formula is C13H29N2P. The van der Waals surface area contributed by atoms with Gasteiger partial charge in [-0.25, -0.2) is 0 Å². The first kappa shape index (κ1) is 14.4. The molecule has 0 saturated heterocycles. The maximum atomic E-state index is 6.12. The maximum absolute atomic E-state index is 6.12. The molecule has 1 aliphatic carbocycles. The summed E-state index contributed by atoms with van der Waals surface area (Å²) in [5.74, 6) is 0. The van der Waals surface area contributed by atoms with E-state index in [1.165, 1.54) is 70.6 Å². The first-order chi connectivity index (χ1) is 7.83. The van der Waals surface area contributed by atoms with E-state index in [1.54, 1.807) is 0 Å². The quantitative estimate of drug-likeness (QED) is 0.694. The molecule has 0 aliphatic heterocycles. The average Bonchev–Trinajstić information content (AvgIpc) is 2.31. The predicted molar refractivity (Wildman–Crippen MR) is 75.4 cm³/mol. The molecule has 0 spiro atoms. The van der Waals surface area contributed by atoms with Crippen LogP contribution in [0.1, 0.15) is 70.6 Å². The fourth-order valence-electron chi connectivity index (χ4n) is 2.59. The van der Waals surface area contributed by atoms with E-state index < -0.39 is 0 Å². The summed E-state index contributed by atoms with van der Waals surface area (Å²) in [6.07, 6.45) is 14.7. The van der Waals surface area contributed by atoms with E-state index in [1.807, 2.05) is 0 Å². The standard InChI is InChI=1S/C13H29N2P/c14-12-8-5-3-1-2-4-6-10-13(15-16)11-7-9-12/h12-13,15H,1-11,14,16H2. The Kier molecular flexibility index (Phi) is 8.46. The Labute approximate surface area is 103 Å². The Morgan fingerprint density at radius 3 is 1.94 bits per heavy atom. The maximum Gasteiger partial charge on any atom is 0.00988 e. The third-order valence-corrected chi connectivity index (χ3v) is 4.21. The summed E-state index contributed by atoms with van der Waals surface area (Å²) >= 11 is 0. The van der Waals surface area contributed by atoms with Crippen molar-refractivity contribution < 1.29 is 0 Å². The number of hydrogen-bond donors (Lipinski definition) is 2. The summed E-state index contributed by atoms with van der Waals surface area (Å²) in [7, 11) is 2.68. The number of nitrogens with two attached hydrogens (primary N) is 1. The Morgan fingerprint density at radius 2 is 1.25 bits per heavy atom. The molecule has 3 heteroatoms. The fraction of sp³-hybridized carbons (Fsp3) is 1.00. The van der Waals surface area contributed by atoms with Gasteiger partial charge in [0, 0.05) is 12.1 Å². The van der Waals surface area contributed by atoms with Crippen molar-refractivity contribution in [2.75, 3.05) is 0 Å². The van der Waals surface area contributed by atoms with Gasteiger partial charge in [-0.05, 0) is 25.7 Å². The van der Waals surface area contributed by atoms with Crippen molar-refractivity contribution in [1.82, 2.24) is 5.09 Å². The van der Waals surface area contributed by atoms with Gasteiger partial charge in [0.2, 0.25) is 0 Å². The lowest BCUT2D eigenvalue weighted by Gasteiger charge is -2.16. The number of rotatable bonds is 1. The molecule has 96 valence electrons. The van der Waals surface area contributed by atoms with Gasteiger partial charge >= 0.3 is 0 Å². The van der Waals surface area contributed by atoms with Crippen molar-refractivity contribution in [3.63, 3.8) is 0 Å². The molecule has 0 radical (unpaired) electrons. The fourth-order valence-corrected chi connectivity index (χ4v) is 2.92. The van der Waals surface area contributed by atoms with Gasteiger partial charge in [-0.15, -0.1) is 0 Å². The lowest BCUT2D eigenvalue weighted by atomic mass is 10.0. The second-order valence-corrected chi connectivity index (χ2v) is 5.59. The van der Waals surface area contributed by atoms with Crippen LogP contribution >= 0.6 is 9.39 Å². The Hall–Kier alpha value is 0.350. The number of nitrogens with one attached hydrogen (secondary N) is 1. The predicted octanol–water partition coefficient (Wildman–Crippen LogP) is 3.37. The van der Waals surface area contributed by atoms with Crippen molar-refractivity contribution >= 4 is 9.39 Å². The summed E-state index contributed by atoms with van der Waals surface area (Å²) < 4.78 is 0. The monoisotopic (exact) mass is 244 g/mol. The van der Waals surface area contributed by atoms with Crippen LogP contribution in [0.2, 0.25) is 0 Å². The van der Waals surface area contributed by atoms with E-state index in [0.717, 1.165) is 0 Å². The lowest BCUT2D eigenvalue weighted by molar-refractivity contribution is 0.459. The van der Waals surface area contributed by atoms with E-state index in [0.29, 0.717) is 12.1 Å². The van der Waals surface area contributed by atoms with Crippen molar-refractivity contribution in [2.24, 2.45) is 5.73 Å². The molecule has 1 aliphatic rings. The van der Waals surface area contributed by atoms with Crippen LogP contribution in [0.15, 0.2) is 0 Å². The molecule has 0 aromatic rings. The van der Waals surface area contributed by atoms with Crippen molar-refractivity contribution in [1.29, 1.82) is 0 Å². The van der Waals surface area contributed by atoms with Crippen LogP contribution in [0, 0.1) is 0 Å². The third-order valence-electron chi connectivity index (χ3n) is 3.74. The SMILES string of the molecule is NC1CCCCCCCCC(NP)CCC1. The molecule has 1 rings (SSSR count). The highest BCUT2D eigenvalue weighted by Crippen LogP contribution is 2.17. The van der Waals surface area contributed by atoms with Crippen molar-refractivity contribution in [3.05, 3.63) is 0 Å². The molecule has 16 heavy (non-hydrogen) atoms. The van der Waals surface area contributed by atoms with Crippen LogP contribution in [0.3, 0.4) is 0 Å². The second-order valence-electron chi connectivity index (χ2n) is 5.25. The highest BCUT2D eigenvalue weighted by Gasteiger charge is 2.09. The third kappa shape index (κ3) is 6.83. The summed E-state index contributed by atoms with van der Waals surface area (Å²) in [5.41, 5.74) is 6.12. The van der Waals surface area contributed by atoms with Gasteiger partial charge in [0.15, 0.2) is 0 Å². The van der Waals surface area contributed by atoms with Crippen LogP contribution in [-0.2, 0) is 0 Å². The zero-order chi connectivity index (χ0) is 11.6. The lowest BCUT2D eigenvalue weighted by Crippen LogP contribution is -2.23. The van der Waals surface area contributed by atoms with E-state index >= 15 is 0 Å². The summed E-state index contributed by atoms with van der Waals surface area (Å²) in [5, 5.41) is 3.36. The van der Waals surface area contributed by atoms with Crippen molar-refractivity contribution in [3.8, 4) is 0 Å². The van der Waals surface area contributed by atoms with Crippen LogP contribution in [-0.4, -0.2) is 12.1 Å². The zero-order valence-electron chi connectivity index (χ0n) is 10.6. The van der Waals surface area contributed by atoms with Gasteiger partial charge in [-0.1, -0.05) is 54.3 Å². The van der Waals surface area contributed by atoms with Crippen LogP contribution < -0.4 is 10.8 Å². The van der Waals surface area contributed by atoms with Crippen LogP contribution in [0.5, 0.6) is 0 Å². The molecule has 1 fully saturated rings. The number of hydrogen-bond acceptors (Lipinski definition) is 2. The molecule has 0 heterocycles. The average molecular weight is 244 g/mol. The van der Waals surface area contributed by atoms with Crippen LogP contribution in [0.4, 0.5) is 0 Å². The molecule has 3 unspecified atom stereocenters. The highest BCUT2D eigenvalue weighted by atomic mass is 31.0. The molecule has 0 aromatic heterocycles. The molecule has 3 atom stereocenters. The smallest absolute Gasteiger partial charge is 0.00988 e. The van der Waals surface area contributed by atoms with Gasteiger partial charge in [-0.2, -0.15) is 0 Å². The largest absolute Gasteiger partial charge is 0.328 e. The minimum Gasteiger partial charge on any atom is -0.328 e. The molecule has 0 aromatic carbocycles. The molecule has 3 N–H and O–H groups in total. The van der Waals surface area contributed by atoms with E-state index in [2.05, 4.69) is 14.5 Å². The first-order valence-corrected chi connectivity index (χ1v) is 7.62. The highest BCUT2D eigenvalue weighted by molar-refractivity contribution is 7.13. The molecule has 2 nitrogen and oxygen atoms in total. The van der Waals surface area contributed by atoms with Crippen LogP contribution in [0.25, 0.3) is 0 Å².